The Bertz CT molecular complexity index is 1870. The highest BCUT2D eigenvalue weighted by atomic mass is 79.9. The van der Waals surface area contributed by atoms with Crippen LogP contribution in [0.2, 0.25) is 0 Å². The first-order chi connectivity index (χ1) is 21.5. The van der Waals surface area contributed by atoms with Crippen molar-refractivity contribution in [1.29, 1.82) is 0 Å². The average molecular weight is 735 g/mol. The van der Waals surface area contributed by atoms with E-state index in [1.54, 1.807) is 42.5 Å². The SMILES string of the molecule is Cc1ccc2nc(-c3ccc(N4C(=O)C5CC(Br)C(Br)CC5C4=O)cc3)cc(C(=O)OCC(=O)c3cccc([N+](=O)[O-])c3)c2c1. The van der Waals surface area contributed by atoms with E-state index in [1.807, 2.05) is 13.0 Å². The molecule has 0 radical (unpaired) electrons. The minimum Gasteiger partial charge on any atom is -0.454 e. The molecule has 4 atom stereocenters. The van der Waals surface area contributed by atoms with Gasteiger partial charge in [-0.3, -0.25) is 29.4 Å². The second kappa shape index (κ2) is 12.2. The van der Waals surface area contributed by atoms with E-state index in [-0.39, 0.29) is 50.1 Å². The summed E-state index contributed by atoms with van der Waals surface area (Å²) in [6, 6.07) is 19.1. The molecule has 12 heteroatoms. The summed E-state index contributed by atoms with van der Waals surface area (Å²) in [6.45, 7) is 1.27. The number of nitro benzene ring substituents is 1. The Morgan fingerprint density at radius 3 is 2.27 bits per heavy atom. The summed E-state index contributed by atoms with van der Waals surface area (Å²) < 4.78 is 5.38. The molecule has 0 spiro atoms. The first-order valence-electron chi connectivity index (χ1n) is 14.1. The Kier molecular flexibility index (Phi) is 8.36. The Morgan fingerprint density at radius 1 is 0.956 bits per heavy atom. The van der Waals surface area contributed by atoms with Crippen LogP contribution in [0.4, 0.5) is 11.4 Å². The van der Waals surface area contributed by atoms with Crippen molar-refractivity contribution < 1.29 is 28.8 Å². The smallest absolute Gasteiger partial charge is 0.339 e. The highest BCUT2D eigenvalue weighted by Crippen LogP contribution is 2.44. The number of ether oxygens (including phenoxy) is 1. The second-order valence-electron chi connectivity index (χ2n) is 11.2. The van der Waals surface area contributed by atoms with E-state index in [4.69, 9.17) is 9.72 Å². The summed E-state index contributed by atoms with van der Waals surface area (Å²) >= 11 is 7.23. The molecule has 228 valence electrons. The molecular formula is C33H25Br2N3O7. The van der Waals surface area contributed by atoms with Crippen LogP contribution < -0.4 is 4.90 Å². The number of hydrogen-bond donors (Lipinski definition) is 0. The van der Waals surface area contributed by atoms with Gasteiger partial charge in [-0.1, -0.05) is 67.8 Å². The molecule has 3 aromatic carbocycles. The lowest BCUT2D eigenvalue weighted by atomic mass is 9.81. The average Bonchev–Trinajstić information content (AvgIpc) is 3.27. The molecule has 1 aliphatic heterocycles. The molecular weight excluding hydrogens is 710 g/mol. The van der Waals surface area contributed by atoms with E-state index in [2.05, 4.69) is 31.9 Å². The standard InChI is InChI=1S/C33H25Br2N3O7/c1-17-5-10-28-22(11-17)25(33(42)45-16-30(39)19-3-2-4-21(12-19)38(43)44)15-29(36-28)18-6-8-20(9-7-18)37-31(40)23-13-26(34)27(35)14-24(23)32(37)41/h2-12,15,23-24,26-27H,13-14,16H2,1H3. The van der Waals surface area contributed by atoms with Gasteiger partial charge in [0.05, 0.1) is 39.2 Å². The lowest BCUT2D eigenvalue weighted by molar-refractivity contribution is -0.384. The monoisotopic (exact) mass is 733 g/mol. The topological polar surface area (TPSA) is 137 Å². The number of hydrogen-bond acceptors (Lipinski definition) is 8. The predicted octanol–water partition coefficient (Wildman–Crippen LogP) is 6.58. The number of aromatic nitrogens is 1. The van der Waals surface area contributed by atoms with Gasteiger partial charge in [0.1, 0.15) is 0 Å². The number of nitrogens with zero attached hydrogens (tertiary/aromatic N) is 3. The third-order valence-corrected chi connectivity index (χ3v) is 11.0. The summed E-state index contributed by atoms with van der Waals surface area (Å²) in [5.74, 6) is -2.47. The molecule has 1 aliphatic carbocycles. The minimum absolute atomic E-state index is 0.0569. The van der Waals surface area contributed by atoms with Gasteiger partial charge in [0, 0.05) is 38.3 Å². The molecule has 45 heavy (non-hydrogen) atoms. The molecule has 2 amide bonds. The van der Waals surface area contributed by atoms with Gasteiger partial charge in [0.2, 0.25) is 17.6 Å². The molecule has 1 aromatic heterocycles. The van der Waals surface area contributed by atoms with Gasteiger partial charge >= 0.3 is 5.97 Å². The zero-order valence-electron chi connectivity index (χ0n) is 23.8. The molecule has 1 saturated carbocycles. The fourth-order valence-corrected chi connectivity index (χ4v) is 7.11. The number of benzene rings is 3. The highest BCUT2D eigenvalue weighted by Gasteiger charge is 2.52. The maximum Gasteiger partial charge on any atom is 0.339 e. The molecule has 2 aliphatic rings. The van der Waals surface area contributed by atoms with Crippen molar-refractivity contribution in [2.45, 2.75) is 29.4 Å². The van der Waals surface area contributed by atoms with Crippen molar-refractivity contribution >= 4 is 77.7 Å². The van der Waals surface area contributed by atoms with Crippen LogP contribution >= 0.6 is 31.9 Å². The quantitative estimate of drug-likeness (QED) is 0.0519. The third-order valence-electron chi connectivity index (χ3n) is 8.23. The maximum absolute atomic E-state index is 13.3. The van der Waals surface area contributed by atoms with Crippen molar-refractivity contribution in [3.63, 3.8) is 0 Å². The molecule has 2 heterocycles. The Hall–Kier alpha value is -4.29. The summed E-state index contributed by atoms with van der Waals surface area (Å²) in [4.78, 5) is 69.2. The number of amides is 2. The Morgan fingerprint density at radius 2 is 1.62 bits per heavy atom. The normalized spacial score (nSPS) is 21.1. The summed E-state index contributed by atoms with van der Waals surface area (Å²) in [5, 5.41) is 11.6. The highest BCUT2D eigenvalue weighted by molar-refractivity contribution is 9.12. The van der Waals surface area contributed by atoms with Crippen molar-refractivity contribution in [3.05, 3.63) is 99.6 Å². The van der Waals surface area contributed by atoms with Gasteiger partial charge in [-0.25, -0.2) is 9.78 Å². The van der Waals surface area contributed by atoms with Crippen LogP contribution in [0.1, 0.15) is 39.1 Å². The number of carbonyl (C=O) groups is 4. The van der Waals surface area contributed by atoms with E-state index in [9.17, 15) is 29.3 Å². The molecule has 0 bridgehead atoms. The zero-order chi connectivity index (χ0) is 32.0. The number of carbonyl (C=O) groups excluding carboxylic acids is 4. The van der Waals surface area contributed by atoms with Gasteiger partial charge in [0.25, 0.3) is 5.69 Å². The number of rotatable bonds is 7. The minimum atomic E-state index is -0.754. The van der Waals surface area contributed by atoms with E-state index in [0.717, 1.165) is 11.6 Å². The fraction of sp³-hybridized carbons (Fsp3) is 0.242. The number of Topliss-reactive ketones (excluding diaryl/α,β-unsaturated/α-hetero) is 1. The third kappa shape index (κ3) is 5.91. The van der Waals surface area contributed by atoms with Crippen LogP contribution in [0.3, 0.4) is 0 Å². The zero-order valence-corrected chi connectivity index (χ0v) is 27.0. The maximum atomic E-state index is 13.3. The molecule has 6 rings (SSSR count). The number of halogens is 2. The first-order valence-corrected chi connectivity index (χ1v) is 16.0. The fourth-order valence-electron chi connectivity index (χ4n) is 5.87. The molecule has 2 fully saturated rings. The second-order valence-corrected chi connectivity index (χ2v) is 13.5. The van der Waals surface area contributed by atoms with Crippen molar-refractivity contribution in [1.82, 2.24) is 4.98 Å². The first kappa shape index (κ1) is 30.7. The van der Waals surface area contributed by atoms with Crippen LogP contribution in [0.15, 0.2) is 72.8 Å². The van der Waals surface area contributed by atoms with E-state index in [0.29, 0.717) is 40.7 Å². The number of alkyl halides is 2. The number of esters is 1. The lowest BCUT2D eigenvalue weighted by Crippen LogP contribution is -2.34. The van der Waals surface area contributed by atoms with Gasteiger partial charge in [-0.05, 0) is 50.1 Å². The van der Waals surface area contributed by atoms with Gasteiger partial charge < -0.3 is 4.74 Å². The van der Waals surface area contributed by atoms with Crippen LogP contribution in [0, 0.1) is 28.9 Å². The number of non-ortho nitro benzene ring substituents is 1. The number of aryl methyl sites for hydroxylation is 1. The predicted molar refractivity (Wildman–Crippen MR) is 174 cm³/mol. The number of nitro groups is 1. The number of pyridine rings is 1. The van der Waals surface area contributed by atoms with E-state index in [1.165, 1.54) is 23.1 Å². The van der Waals surface area contributed by atoms with Gasteiger partial charge in [-0.15, -0.1) is 0 Å². The van der Waals surface area contributed by atoms with Crippen molar-refractivity contribution in [2.24, 2.45) is 11.8 Å². The molecule has 1 saturated heterocycles. The van der Waals surface area contributed by atoms with Crippen molar-refractivity contribution in [3.8, 4) is 11.3 Å². The molecule has 4 unspecified atom stereocenters. The Balaban J connectivity index is 1.26. The van der Waals surface area contributed by atoms with Crippen LogP contribution in [-0.2, 0) is 14.3 Å². The summed E-state index contributed by atoms with van der Waals surface area (Å²) in [5.41, 5.74) is 2.99. The van der Waals surface area contributed by atoms with E-state index >= 15 is 0 Å². The molecule has 4 aromatic rings. The van der Waals surface area contributed by atoms with Crippen LogP contribution in [0.25, 0.3) is 22.2 Å². The lowest BCUT2D eigenvalue weighted by Gasteiger charge is -2.29. The molecule has 10 nitrogen and oxygen atoms in total. The summed E-state index contributed by atoms with van der Waals surface area (Å²) in [6.07, 6.45) is 1.16. The van der Waals surface area contributed by atoms with E-state index < -0.39 is 23.3 Å². The number of anilines is 1. The van der Waals surface area contributed by atoms with Crippen molar-refractivity contribution in [2.75, 3.05) is 11.5 Å². The van der Waals surface area contributed by atoms with Crippen LogP contribution in [-0.4, -0.2) is 49.7 Å². The van der Waals surface area contributed by atoms with Crippen LogP contribution in [0.5, 0.6) is 0 Å². The summed E-state index contributed by atoms with van der Waals surface area (Å²) in [7, 11) is 0. The van der Waals surface area contributed by atoms with Gasteiger partial charge in [-0.2, -0.15) is 0 Å². The number of ketones is 1. The van der Waals surface area contributed by atoms with Gasteiger partial charge in [0.15, 0.2) is 6.61 Å². The number of fused-ring (bicyclic) bond motifs is 2. The number of imide groups is 1. The Labute approximate surface area is 274 Å². The largest absolute Gasteiger partial charge is 0.454 e. The molecule has 0 N–H and O–H groups in total.